The van der Waals surface area contributed by atoms with Crippen LogP contribution in [0.4, 0.5) is 0 Å². The first-order valence-electron chi connectivity index (χ1n) is 12.3. The average Bonchev–Trinajstić information content (AvgIpc) is 2.75. The normalized spacial score (nSPS) is 10.8. The van der Waals surface area contributed by atoms with E-state index in [9.17, 15) is 0 Å². The molecule has 0 saturated carbocycles. The quantitative estimate of drug-likeness (QED) is 0.275. The van der Waals surface area contributed by atoms with Crippen molar-refractivity contribution in [3.63, 3.8) is 0 Å². The Labute approximate surface area is 189 Å². The van der Waals surface area contributed by atoms with Gasteiger partial charge >= 0.3 is 0 Å². The van der Waals surface area contributed by atoms with E-state index in [1.54, 1.807) is 0 Å². The standard InChI is InChI=1S/3C8H20N.3FH/c3*1-5-9(6-2,7-3)8-4;;;/h3*5-8H2,1-4H3;3*1H/q3*+1;;;/p-3. The van der Waals surface area contributed by atoms with Crippen molar-refractivity contribution in [2.24, 2.45) is 0 Å². The molecule has 0 heterocycles. The minimum Gasteiger partial charge on any atom is -1.00 e. The summed E-state index contributed by atoms with van der Waals surface area (Å²) in [6.45, 7) is 42.7. The molecule has 0 saturated heterocycles. The summed E-state index contributed by atoms with van der Waals surface area (Å²) in [5.41, 5.74) is 0. The minimum atomic E-state index is 0. The van der Waals surface area contributed by atoms with Gasteiger partial charge in [-0.3, -0.25) is 0 Å². The van der Waals surface area contributed by atoms with E-state index in [4.69, 9.17) is 0 Å². The molecule has 0 radical (unpaired) electrons. The highest BCUT2D eigenvalue weighted by atomic mass is 19.0. The fourth-order valence-corrected chi connectivity index (χ4v) is 4.02. The van der Waals surface area contributed by atoms with Crippen LogP contribution in [0.5, 0.6) is 0 Å². The number of hydrogen-bond acceptors (Lipinski definition) is 0. The fourth-order valence-electron chi connectivity index (χ4n) is 4.02. The van der Waals surface area contributed by atoms with E-state index >= 15 is 0 Å². The van der Waals surface area contributed by atoms with E-state index in [-0.39, 0.29) is 14.1 Å². The molecule has 0 amide bonds. The largest absolute Gasteiger partial charge is 1.00 e. The van der Waals surface area contributed by atoms with Crippen LogP contribution < -0.4 is 14.1 Å². The Hall–Kier alpha value is -0.330. The summed E-state index contributed by atoms with van der Waals surface area (Å²) in [7, 11) is 0. The van der Waals surface area contributed by atoms with Gasteiger partial charge in [0.25, 0.3) is 0 Å². The van der Waals surface area contributed by atoms with Crippen LogP contribution in [-0.2, 0) is 0 Å². The first kappa shape index (κ1) is 43.5. The molecule has 0 aromatic heterocycles. The van der Waals surface area contributed by atoms with Crippen LogP contribution in [0.1, 0.15) is 83.1 Å². The van der Waals surface area contributed by atoms with Gasteiger partial charge in [0.05, 0.1) is 78.5 Å². The van der Waals surface area contributed by atoms with Crippen molar-refractivity contribution >= 4 is 0 Å². The van der Waals surface area contributed by atoms with Crippen LogP contribution in [0.2, 0.25) is 0 Å². The first-order chi connectivity index (χ1) is 12.7. The summed E-state index contributed by atoms with van der Waals surface area (Å²) < 4.78 is 3.83. The molecule has 0 aromatic rings. The lowest BCUT2D eigenvalue weighted by Gasteiger charge is -2.34. The topological polar surface area (TPSA) is 0 Å². The molecule has 0 aliphatic carbocycles. The number of halogens is 3. The summed E-state index contributed by atoms with van der Waals surface area (Å²) in [5, 5.41) is 0. The molecule has 0 aromatic carbocycles. The third-order valence-corrected chi connectivity index (χ3v) is 8.05. The zero-order valence-corrected chi connectivity index (χ0v) is 23.0. The Morgan fingerprint density at radius 1 is 0.233 bits per heavy atom. The number of hydrogen-bond donors (Lipinski definition) is 0. The van der Waals surface area contributed by atoms with Crippen LogP contribution in [0.3, 0.4) is 0 Å². The van der Waals surface area contributed by atoms with Gasteiger partial charge in [0.2, 0.25) is 0 Å². The molecule has 192 valence electrons. The molecular formula is C24H60F3N3. The molecule has 0 bridgehead atoms. The second-order valence-corrected chi connectivity index (χ2v) is 7.82. The van der Waals surface area contributed by atoms with Crippen molar-refractivity contribution in [3.8, 4) is 0 Å². The predicted octanol–water partition coefficient (Wildman–Crippen LogP) is -3.34. The summed E-state index contributed by atoms with van der Waals surface area (Å²) >= 11 is 0. The molecule has 0 unspecified atom stereocenters. The van der Waals surface area contributed by atoms with Gasteiger partial charge in [0, 0.05) is 0 Å². The molecule has 0 aliphatic heterocycles. The van der Waals surface area contributed by atoms with E-state index in [0.717, 1.165) is 0 Å². The van der Waals surface area contributed by atoms with Crippen molar-refractivity contribution in [1.29, 1.82) is 0 Å². The first-order valence-corrected chi connectivity index (χ1v) is 12.3. The molecule has 6 heteroatoms. The smallest absolute Gasteiger partial charge is 0.0757 e. The highest BCUT2D eigenvalue weighted by Crippen LogP contribution is 2.04. The van der Waals surface area contributed by atoms with Gasteiger partial charge < -0.3 is 27.6 Å². The Balaban J connectivity index is -0.0000000686. The maximum Gasteiger partial charge on any atom is 0.0757 e. The molecule has 3 nitrogen and oxygen atoms in total. The van der Waals surface area contributed by atoms with Crippen molar-refractivity contribution in [1.82, 2.24) is 0 Å². The van der Waals surface area contributed by atoms with Crippen molar-refractivity contribution < 1.29 is 27.6 Å². The molecule has 0 N–H and O–H groups in total. The lowest BCUT2D eigenvalue weighted by molar-refractivity contribution is -0.921. The van der Waals surface area contributed by atoms with Gasteiger partial charge in [-0.25, -0.2) is 0 Å². The lowest BCUT2D eigenvalue weighted by atomic mass is 10.3. The molecule has 30 heavy (non-hydrogen) atoms. The van der Waals surface area contributed by atoms with Gasteiger partial charge in [-0.2, -0.15) is 0 Å². The average molecular weight is 448 g/mol. The molecule has 0 spiro atoms. The van der Waals surface area contributed by atoms with Gasteiger partial charge in [0.1, 0.15) is 0 Å². The highest BCUT2D eigenvalue weighted by Gasteiger charge is 2.17. The summed E-state index contributed by atoms with van der Waals surface area (Å²) in [6, 6.07) is 0. The maximum atomic E-state index is 2.27. The number of quaternary nitrogens is 3. The van der Waals surface area contributed by atoms with E-state index in [1.165, 1.54) is 92.0 Å². The number of rotatable bonds is 12. The van der Waals surface area contributed by atoms with E-state index in [0.29, 0.717) is 0 Å². The van der Waals surface area contributed by atoms with Gasteiger partial charge in [-0.05, 0) is 83.1 Å². The van der Waals surface area contributed by atoms with Crippen molar-refractivity contribution in [2.45, 2.75) is 83.1 Å². The lowest BCUT2D eigenvalue weighted by Crippen LogP contribution is -3.00. The SMILES string of the molecule is CC[N+](CC)(CC)CC.CC[N+](CC)(CC)CC.CC[N+](CC)(CC)CC.[F-].[F-].[F-]. The predicted molar refractivity (Wildman–Crippen MR) is 127 cm³/mol. The van der Waals surface area contributed by atoms with Gasteiger partial charge in [-0.15, -0.1) is 0 Å². The van der Waals surface area contributed by atoms with E-state index < -0.39 is 0 Å². The van der Waals surface area contributed by atoms with Crippen LogP contribution >= 0.6 is 0 Å². The highest BCUT2D eigenvalue weighted by molar-refractivity contribution is 4.32. The Kier molecular flexibility index (Phi) is 36.2. The van der Waals surface area contributed by atoms with E-state index in [2.05, 4.69) is 83.1 Å². The van der Waals surface area contributed by atoms with Crippen LogP contribution in [0, 0.1) is 0 Å². The summed E-state index contributed by atoms with van der Waals surface area (Å²) in [6.07, 6.45) is 0. The third-order valence-electron chi connectivity index (χ3n) is 8.05. The Morgan fingerprint density at radius 3 is 0.300 bits per heavy atom. The van der Waals surface area contributed by atoms with Gasteiger partial charge in [-0.1, -0.05) is 0 Å². The zero-order chi connectivity index (χ0) is 22.0. The monoisotopic (exact) mass is 447 g/mol. The third kappa shape index (κ3) is 15.5. The van der Waals surface area contributed by atoms with E-state index in [1.807, 2.05) is 0 Å². The van der Waals surface area contributed by atoms with Crippen LogP contribution in [-0.4, -0.2) is 92.0 Å². The number of nitrogens with zero attached hydrogens (tertiary/aromatic N) is 3. The van der Waals surface area contributed by atoms with Crippen molar-refractivity contribution in [3.05, 3.63) is 0 Å². The molecular weight excluding hydrogens is 387 g/mol. The second kappa shape index (κ2) is 24.9. The van der Waals surface area contributed by atoms with Crippen molar-refractivity contribution in [2.75, 3.05) is 78.5 Å². The zero-order valence-electron chi connectivity index (χ0n) is 23.0. The molecule has 0 fully saturated rings. The van der Waals surface area contributed by atoms with Gasteiger partial charge in [0.15, 0.2) is 0 Å². The van der Waals surface area contributed by atoms with Crippen LogP contribution in [0.25, 0.3) is 0 Å². The molecule has 0 aliphatic rings. The summed E-state index contributed by atoms with van der Waals surface area (Å²) in [5.74, 6) is 0. The minimum absolute atomic E-state index is 0. The molecule has 0 atom stereocenters. The Bertz CT molecular complexity index is 204. The fraction of sp³-hybridized carbons (Fsp3) is 1.00. The second-order valence-electron chi connectivity index (χ2n) is 7.82. The summed E-state index contributed by atoms with van der Waals surface area (Å²) in [4.78, 5) is 0. The van der Waals surface area contributed by atoms with Crippen LogP contribution in [0.15, 0.2) is 0 Å². The molecule has 0 rings (SSSR count). The Morgan fingerprint density at radius 2 is 0.300 bits per heavy atom. The maximum absolute atomic E-state index is 2.27.